The molecule has 0 radical (unpaired) electrons. The number of amides is 2. The van der Waals surface area contributed by atoms with Gasteiger partial charge in [0.25, 0.3) is 0 Å². The van der Waals surface area contributed by atoms with E-state index < -0.39 is 0 Å². The number of likely N-dealkylation sites (tertiary alicyclic amines) is 1. The summed E-state index contributed by atoms with van der Waals surface area (Å²) in [4.78, 5) is 35.7. The van der Waals surface area contributed by atoms with Crippen molar-refractivity contribution in [2.45, 2.75) is 19.4 Å². The third kappa shape index (κ3) is 4.55. The molecule has 4 unspecified atom stereocenters. The lowest BCUT2D eigenvalue weighted by molar-refractivity contribution is -0.140. The minimum Gasteiger partial charge on any atom is -0.444 e. The summed E-state index contributed by atoms with van der Waals surface area (Å²) in [6, 6.07) is 9.74. The Balaban J connectivity index is 0.00000259. The minimum absolute atomic E-state index is 0. The Bertz CT molecular complexity index is 1040. The highest BCUT2D eigenvalue weighted by Crippen LogP contribution is 2.52. The van der Waals surface area contributed by atoms with Crippen LogP contribution in [0.5, 0.6) is 0 Å². The molecular formula is C24H28IN5O3. The van der Waals surface area contributed by atoms with Gasteiger partial charge >= 0.3 is 0 Å². The second-order valence-corrected chi connectivity index (χ2v) is 8.54. The van der Waals surface area contributed by atoms with Crippen molar-refractivity contribution in [1.82, 2.24) is 20.5 Å². The van der Waals surface area contributed by atoms with Gasteiger partial charge in [-0.2, -0.15) is 0 Å². The number of nitrogens with zero attached hydrogens (tertiary/aromatic N) is 3. The van der Waals surface area contributed by atoms with Gasteiger partial charge in [0.2, 0.25) is 17.7 Å². The fourth-order valence-corrected chi connectivity index (χ4v) is 5.12. The number of carbonyl (C=O) groups is 2. The van der Waals surface area contributed by atoms with Gasteiger partial charge in [0.05, 0.1) is 24.1 Å². The van der Waals surface area contributed by atoms with Crippen LogP contribution in [-0.4, -0.2) is 47.8 Å². The van der Waals surface area contributed by atoms with Gasteiger partial charge in [0, 0.05) is 25.7 Å². The van der Waals surface area contributed by atoms with Crippen LogP contribution in [0.25, 0.3) is 11.5 Å². The van der Waals surface area contributed by atoms with Crippen molar-refractivity contribution in [3.8, 4) is 11.5 Å². The van der Waals surface area contributed by atoms with Crippen LogP contribution in [0.3, 0.4) is 0 Å². The van der Waals surface area contributed by atoms with Crippen molar-refractivity contribution in [2.75, 3.05) is 20.1 Å². The molecular weight excluding hydrogens is 533 g/mol. The molecule has 9 heteroatoms. The summed E-state index contributed by atoms with van der Waals surface area (Å²) in [5, 5.41) is 6.44. The molecule has 3 aliphatic rings. The zero-order valence-electron chi connectivity index (χ0n) is 18.4. The lowest BCUT2D eigenvalue weighted by Gasteiger charge is -2.17. The molecule has 2 bridgehead atoms. The van der Waals surface area contributed by atoms with Crippen LogP contribution in [-0.2, 0) is 16.1 Å². The smallest absolute Gasteiger partial charge is 0.233 e. The van der Waals surface area contributed by atoms with Crippen LogP contribution in [0.4, 0.5) is 0 Å². The summed E-state index contributed by atoms with van der Waals surface area (Å²) in [6.07, 6.45) is 7.50. The van der Waals surface area contributed by atoms with Crippen molar-refractivity contribution in [2.24, 2.45) is 28.7 Å². The third-order valence-electron chi connectivity index (χ3n) is 6.65. The number of guanidine groups is 1. The largest absolute Gasteiger partial charge is 0.444 e. The SMILES string of the molecule is CN=C(NCCCN1C(=O)C2C3C=CC(C3)C2C1=O)NCc1coc(-c2ccccc2)n1.I. The Morgan fingerprint density at radius 1 is 1.12 bits per heavy atom. The number of oxazole rings is 1. The zero-order chi connectivity index (χ0) is 22.1. The first-order valence-electron chi connectivity index (χ1n) is 11.1. The van der Waals surface area contributed by atoms with E-state index in [-0.39, 0.29) is 59.5 Å². The molecule has 2 heterocycles. The van der Waals surface area contributed by atoms with Crippen LogP contribution >= 0.6 is 24.0 Å². The number of hydrogen-bond donors (Lipinski definition) is 2. The Kier molecular flexibility index (Phi) is 7.16. The fourth-order valence-electron chi connectivity index (χ4n) is 5.12. The van der Waals surface area contributed by atoms with E-state index in [1.54, 1.807) is 13.3 Å². The number of allylic oxidation sites excluding steroid dienone is 2. The van der Waals surface area contributed by atoms with Gasteiger partial charge in [0.1, 0.15) is 6.26 Å². The molecule has 2 amide bonds. The maximum absolute atomic E-state index is 12.7. The zero-order valence-corrected chi connectivity index (χ0v) is 20.8. The average molecular weight is 561 g/mol. The van der Waals surface area contributed by atoms with Gasteiger partial charge < -0.3 is 15.1 Å². The number of hydrogen-bond acceptors (Lipinski definition) is 5. The standard InChI is InChI=1S/C24H27N5O3.HI/c1-25-24(27-13-18-14-32-21(28-18)15-6-3-2-4-7-15)26-10-5-11-29-22(30)19-16-8-9-17(12-16)20(19)23(29)31;/h2-4,6-9,14,16-17,19-20H,5,10-13H2,1H3,(H2,25,26,27);1H. The topological polar surface area (TPSA) is 99.8 Å². The molecule has 4 atom stereocenters. The summed E-state index contributed by atoms with van der Waals surface area (Å²) >= 11 is 0. The molecule has 1 saturated heterocycles. The summed E-state index contributed by atoms with van der Waals surface area (Å²) in [5.74, 6) is 1.51. The van der Waals surface area contributed by atoms with E-state index in [1.807, 2.05) is 30.3 Å². The van der Waals surface area contributed by atoms with Crippen LogP contribution in [0.1, 0.15) is 18.5 Å². The van der Waals surface area contributed by atoms with Crippen molar-refractivity contribution in [3.63, 3.8) is 0 Å². The van der Waals surface area contributed by atoms with Crippen molar-refractivity contribution in [1.29, 1.82) is 0 Å². The predicted octanol–water partition coefficient (Wildman–Crippen LogP) is 2.82. The van der Waals surface area contributed by atoms with Crippen LogP contribution < -0.4 is 10.6 Å². The highest BCUT2D eigenvalue weighted by atomic mass is 127. The first kappa shape index (κ1) is 23.5. The lowest BCUT2D eigenvalue weighted by atomic mass is 9.85. The molecule has 1 aliphatic heterocycles. The Morgan fingerprint density at radius 3 is 2.48 bits per heavy atom. The van der Waals surface area contributed by atoms with Gasteiger partial charge in [0.15, 0.2) is 5.96 Å². The highest BCUT2D eigenvalue weighted by molar-refractivity contribution is 14.0. The van der Waals surface area contributed by atoms with Crippen molar-refractivity contribution in [3.05, 3.63) is 54.4 Å². The summed E-state index contributed by atoms with van der Waals surface area (Å²) in [5.41, 5.74) is 1.70. The molecule has 2 fully saturated rings. The summed E-state index contributed by atoms with van der Waals surface area (Å²) in [6.45, 7) is 1.52. The number of aliphatic imine (C=N–C) groups is 1. The number of fused-ring (bicyclic) bond motifs is 5. The Morgan fingerprint density at radius 2 is 1.82 bits per heavy atom. The number of carbonyl (C=O) groups excluding carboxylic acids is 2. The predicted molar refractivity (Wildman–Crippen MR) is 135 cm³/mol. The van der Waals surface area contributed by atoms with Gasteiger partial charge in [-0.25, -0.2) is 4.98 Å². The molecule has 1 aromatic carbocycles. The van der Waals surface area contributed by atoms with E-state index in [9.17, 15) is 9.59 Å². The fraction of sp³-hybridized carbons (Fsp3) is 0.417. The number of nitrogens with one attached hydrogen (secondary N) is 2. The van der Waals surface area contributed by atoms with E-state index in [0.717, 1.165) is 17.7 Å². The van der Waals surface area contributed by atoms with Crippen molar-refractivity contribution < 1.29 is 14.0 Å². The molecule has 2 aromatic rings. The average Bonchev–Trinajstić information content (AvgIpc) is 3.60. The molecule has 5 rings (SSSR count). The van der Waals surface area contributed by atoms with Crippen LogP contribution in [0.15, 0.2) is 58.2 Å². The molecule has 1 aromatic heterocycles. The molecule has 2 aliphatic carbocycles. The number of rotatable bonds is 7. The second-order valence-electron chi connectivity index (χ2n) is 8.54. The summed E-state index contributed by atoms with van der Waals surface area (Å²) in [7, 11) is 1.70. The molecule has 0 spiro atoms. The monoisotopic (exact) mass is 561 g/mol. The quantitative estimate of drug-likeness (QED) is 0.135. The Hall–Kier alpha value is -2.69. The van der Waals surface area contributed by atoms with Gasteiger partial charge in [-0.1, -0.05) is 30.4 Å². The van der Waals surface area contributed by atoms with E-state index >= 15 is 0 Å². The third-order valence-corrected chi connectivity index (χ3v) is 6.65. The van der Waals surface area contributed by atoms with Gasteiger partial charge in [-0.05, 0) is 36.8 Å². The molecule has 174 valence electrons. The number of halogens is 1. The second kappa shape index (κ2) is 10.1. The number of benzene rings is 1. The minimum atomic E-state index is -0.122. The maximum atomic E-state index is 12.7. The van der Waals surface area contributed by atoms with Crippen molar-refractivity contribution >= 4 is 41.8 Å². The number of imide groups is 1. The lowest BCUT2D eigenvalue weighted by Crippen LogP contribution is -2.39. The van der Waals surface area contributed by atoms with Crippen LogP contribution in [0, 0.1) is 23.7 Å². The van der Waals surface area contributed by atoms with Gasteiger partial charge in [-0.3, -0.25) is 19.5 Å². The first-order chi connectivity index (χ1) is 15.7. The van der Waals surface area contributed by atoms with E-state index in [1.165, 1.54) is 4.90 Å². The maximum Gasteiger partial charge on any atom is 0.233 e. The van der Waals surface area contributed by atoms with E-state index in [0.29, 0.717) is 37.9 Å². The summed E-state index contributed by atoms with van der Waals surface area (Å²) < 4.78 is 5.56. The molecule has 2 N–H and O–H groups in total. The normalized spacial score (nSPS) is 25.4. The van der Waals surface area contributed by atoms with Gasteiger partial charge in [-0.15, -0.1) is 24.0 Å². The van der Waals surface area contributed by atoms with E-state index in [4.69, 9.17) is 4.42 Å². The number of aromatic nitrogens is 1. The molecule has 8 nitrogen and oxygen atoms in total. The highest BCUT2D eigenvalue weighted by Gasteiger charge is 2.58. The van der Waals surface area contributed by atoms with E-state index in [2.05, 4.69) is 32.8 Å². The van der Waals surface area contributed by atoms with Crippen LogP contribution in [0.2, 0.25) is 0 Å². The first-order valence-corrected chi connectivity index (χ1v) is 11.1. The molecule has 33 heavy (non-hydrogen) atoms. The Labute approximate surface area is 209 Å². The molecule has 1 saturated carbocycles.